The molecule has 0 unspecified atom stereocenters. The first-order valence-electron chi connectivity index (χ1n) is 7.78. The highest BCUT2D eigenvalue weighted by molar-refractivity contribution is 14.0. The first-order valence-corrected chi connectivity index (χ1v) is 8.15. The maximum Gasteiger partial charge on any atom is 0.221 e. The minimum Gasteiger partial charge on any atom is -0.495 e. The number of rotatable bonds is 6. The number of guanidine groups is 1. The Hall–Kier alpha value is -2.20. The molecule has 0 saturated heterocycles. The van der Waals surface area contributed by atoms with Crippen LogP contribution in [-0.2, 0) is 11.3 Å². The molecule has 0 fully saturated rings. The van der Waals surface area contributed by atoms with Crippen molar-refractivity contribution in [3.63, 3.8) is 0 Å². The number of nitrogens with one attached hydrogen (secondary N) is 2. The Morgan fingerprint density at radius 3 is 2.37 bits per heavy atom. The van der Waals surface area contributed by atoms with Crippen molar-refractivity contribution in [1.29, 1.82) is 0 Å². The lowest BCUT2D eigenvalue weighted by Gasteiger charge is -2.11. The third-order valence-electron chi connectivity index (χ3n) is 3.43. The normalized spacial score (nSPS) is 10.6. The van der Waals surface area contributed by atoms with E-state index in [1.807, 2.05) is 6.07 Å². The van der Waals surface area contributed by atoms with E-state index in [4.69, 9.17) is 26.8 Å². The Morgan fingerprint density at radius 2 is 1.78 bits per heavy atom. The number of methoxy groups -OCH3 is 2. The van der Waals surface area contributed by atoms with Gasteiger partial charge in [-0.3, -0.25) is 4.79 Å². The molecule has 4 N–H and O–H groups in total. The van der Waals surface area contributed by atoms with Gasteiger partial charge in [-0.25, -0.2) is 4.99 Å². The van der Waals surface area contributed by atoms with Gasteiger partial charge in [0.1, 0.15) is 11.5 Å². The number of ether oxygens (including phenoxy) is 2. The van der Waals surface area contributed by atoms with Gasteiger partial charge < -0.3 is 25.8 Å². The molecule has 0 aliphatic carbocycles. The van der Waals surface area contributed by atoms with Gasteiger partial charge in [-0.2, -0.15) is 0 Å². The van der Waals surface area contributed by atoms with Crippen LogP contribution in [-0.4, -0.2) is 26.1 Å². The van der Waals surface area contributed by atoms with Gasteiger partial charge in [0.25, 0.3) is 0 Å². The van der Waals surface area contributed by atoms with Gasteiger partial charge in [-0.05, 0) is 35.9 Å². The lowest BCUT2D eigenvalue weighted by atomic mass is 10.2. The standard InChI is InChI=1S/C18H21ClN4O3.HI/c1-11(24)22-15-8-12(4-6-17(15)26-3)10-21-18(20)23-13-5-7-16(25-2)14(19)9-13;/h4-9H,10H2,1-3H3,(H,22,24)(H3,20,21,23);1H. The summed E-state index contributed by atoms with van der Waals surface area (Å²) in [4.78, 5) is 15.6. The van der Waals surface area contributed by atoms with Crippen LogP contribution >= 0.6 is 35.6 Å². The van der Waals surface area contributed by atoms with Crippen molar-refractivity contribution in [3.8, 4) is 11.5 Å². The van der Waals surface area contributed by atoms with Gasteiger partial charge in [-0.1, -0.05) is 17.7 Å². The second-order valence-corrected chi connectivity index (χ2v) is 5.80. The second kappa shape index (κ2) is 10.8. The zero-order valence-electron chi connectivity index (χ0n) is 15.2. The number of hydrogen-bond donors (Lipinski definition) is 3. The number of aliphatic imine (C=N–C) groups is 1. The summed E-state index contributed by atoms with van der Waals surface area (Å²) in [5.74, 6) is 1.22. The highest BCUT2D eigenvalue weighted by Crippen LogP contribution is 2.27. The summed E-state index contributed by atoms with van der Waals surface area (Å²) in [5, 5.41) is 6.16. The molecule has 0 radical (unpaired) electrons. The monoisotopic (exact) mass is 504 g/mol. The van der Waals surface area contributed by atoms with Crippen LogP contribution in [0.5, 0.6) is 11.5 Å². The SMILES string of the molecule is COc1ccc(NC(N)=NCc2ccc(OC)c(NC(C)=O)c2)cc1Cl.I. The van der Waals surface area contributed by atoms with E-state index < -0.39 is 0 Å². The fourth-order valence-corrected chi connectivity index (χ4v) is 2.51. The molecule has 0 aromatic heterocycles. The number of nitrogens with two attached hydrogens (primary N) is 1. The number of nitrogens with zero attached hydrogens (tertiary/aromatic N) is 1. The summed E-state index contributed by atoms with van der Waals surface area (Å²) in [6.45, 7) is 1.77. The van der Waals surface area contributed by atoms with E-state index in [1.165, 1.54) is 6.92 Å². The molecule has 2 aromatic carbocycles. The fourth-order valence-electron chi connectivity index (χ4n) is 2.25. The third kappa shape index (κ3) is 6.79. The Balaban J connectivity index is 0.00000364. The molecule has 0 aliphatic heterocycles. The van der Waals surface area contributed by atoms with Gasteiger partial charge in [0.2, 0.25) is 5.91 Å². The zero-order valence-corrected chi connectivity index (χ0v) is 18.3. The van der Waals surface area contributed by atoms with Gasteiger partial charge in [0, 0.05) is 12.6 Å². The summed E-state index contributed by atoms with van der Waals surface area (Å²) in [7, 11) is 3.09. The molecule has 2 aromatic rings. The topological polar surface area (TPSA) is 98.0 Å². The van der Waals surface area contributed by atoms with Crippen molar-refractivity contribution >= 4 is 58.8 Å². The van der Waals surface area contributed by atoms with Crippen LogP contribution in [0.3, 0.4) is 0 Å². The molecule has 146 valence electrons. The number of carbonyl (C=O) groups is 1. The molecule has 9 heteroatoms. The highest BCUT2D eigenvalue weighted by Gasteiger charge is 2.06. The number of halogens is 2. The quantitative estimate of drug-likeness (QED) is 0.315. The van der Waals surface area contributed by atoms with Crippen LogP contribution in [0.2, 0.25) is 5.02 Å². The molecule has 0 saturated carbocycles. The lowest BCUT2D eigenvalue weighted by molar-refractivity contribution is -0.114. The van der Waals surface area contributed by atoms with E-state index in [-0.39, 0.29) is 35.8 Å². The van der Waals surface area contributed by atoms with Gasteiger partial charge in [0.05, 0.1) is 31.5 Å². The van der Waals surface area contributed by atoms with Crippen molar-refractivity contribution in [3.05, 3.63) is 47.0 Å². The summed E-state index contributed by atoms with van der Waals surface area (Å²) >= 11 is 6.08. The average Bonchev–Trinajstić information content (AvgIpc) is 2.60. The first-order chi connectivity index (χ1) is 12.4. The predicted octanol–water partition coefficient (Wildman–Crippen LogP) is 3.86. The smallest absolute Gasteiger partial charge is 0.221 e. The third-order valence-corrected chi connectivity index (χ3v) is 3.73. The Kier molecular flexibility index (Phi) is 9.16. The minimum atomic E-state index is -0.179. The molecule has 7 nitrogen and oxygen atoms in total. The maximum absolute atomic E-state index is 11.3. The fraction of sp³-hybridized carbons (Fsp3) is 0.222. The molecule has 0 heterocycles. The van der Waals surface area contributed by atoms with E-state index in [1.54, 1.807) is 44.6 Å². The Morgan fingerprint density at radius 1 is 1.11 bits per heavy atom. The van der Waals surface area contributed by atoms with Crippen LogP contribution in [0.1, 0.15) is 12.5 Å². The largest absolute Gasteiger partial charge is 0.495 e. The lowest BCUT2D eigenvalue weighted by Crippen LogP contribution is -2.22. The van der Waals surface area contributed by atoms with E-state index in [9.17, 15) is 4.79 Å². The summed E-state index contributed by atoms with van der Waals surface area (Å²) in [6, 6.07) is 10.6. The van der Waals surface area contributed by atoms with Crippen molar-refractivity contribution < 1.29 is 14.3 Å². The first kappa shape index (κ1) is 22.8. The number of benzene rings is 2. The van der Waals surface area contributed by atoms with Crippen molar-refractivity contribution in [2.45, 2.75) is 13.5 Å². The molecule has 27 heavy (non-hydrogen) atoms. The van der Waals surface area contributed by atoms with Crippen LogP contribution in [0.15, 0.2) is 41.4 Å². The van der Waals surface area contributed by atoms with E-state index in [0.29, 0.717) is 34.4 Å². The average molecular weight is 505 g/mol. The molecule has 0 spiro atoms. The van der Waals surface area contributed by atoms with Gasteiger partial charge in [-0.15, -0.1) is 24.0 Å². The Labute approximate surface area is 180 Å². The van der Waals surface area contributed by atoms with E-state index in [2.05, 4.69) is 15.6 Å². The summed E-state index contributed by atoms with van der Waals surface area (Å²) in [6.07, 6.45) is 0. The zero-order chi connectivity index (χ0) is 19.1. The molecule has 0 aliphatic rings. The number of hydrogen-bond acceptors (Lipinski definition) is 4. The molecule has 2 rings (SSSR count). The van der Waals surface area contributed by atoms with Crippen LogP contribution < -0.4 is 25.8 Å². The molecular formula is C18H22ClIN4O3. The van der Waals surface area contributed by atoms with Crippen LogP contribution in [0.4, 0.5) is 11.4 Å². The molecular weight excluding hydrogens is 483 g/mol. The van der Waals surface area contributed by atoms with Crippen molar-refractivity contribution in [2.24, 2.45) is 10.7 Å². The van der Waals surface area contributed by atoms with Crippen molar-refractivity contribution in [2.75, 3.05) is 24.9 Å². The van der Waals surface area contributed by atoms with Gasteiger partial charge >= 0.3 is 0 Å². The van der Waals surface area contributed by atoms with Crippen LogP contribution in [0.25, 0.3) is 0 Å². The maximum atomic E-state index is 11.3. The molecule has 0 bridgehead atoms. The van der Waals surface area contributed by atoms with E-state index >= 15 is 0 Å². The van der Waals surface area contributed by atoms with Gasteiger partial charge in [0.15, 0.2) is 5.96 Å². The minimum absolute atomic E-state index is 0. The summed E-state index contributed by atoms with van der Waals surface area (Å²) in [5.41, 5.74) is 8.07. The number of carbonyl (C=O) groups excluding carboxylic acids is 1. The molecule has 0 atom stereocenters. The summed E-state index contributed by atoms with van der Waals surface area (Å²) < 4.78 is 10.3. The Bertz CT molecular complexity index is 830. The van der Waals surface area contributed by atoms with E-state index in [0.717, 1.165) is 5.56 Å². The second-order valence-electron chi connectivity index (χ2n) is 5.39. The van der Waals surface area contributed by atoms with Crippen molar-refractivity contribution in [1.82, 2.24) is 0 Å². The van der Waals surface area contributed by atoms with Crippen LogP contribution in [0, 0.1) is 0 Å². The predicted molar refractivity (Wildman–Crippen MR) is 120 cm³/mol. The molecule has 1 amide bonds. The highest BCUT2D eigenvalue weighted by atomic mass is 127. The number of anilines is 2. The number of amides is 1.